The third-order valence-electron chi connectivity index (χ3n) is 7.64. The minimum atomic E-state index is -0.495. The first-order chi connectivity index (χ1) is 19.3. The van der Waals surface area contributed by atoms with Crippen LogP contribution in [0.4, 0.5) is 0 Å². The lowest BCUT2D eigenvalue weighted by Gasteiger charge is -2.44. The zero-order valence-corrected chi connectivity index (χ0v) is 24.9. The molecule has 2 aromatic rings. The standard InChI is InChI=1S/C31H32Cl3NO5/c1-3-39-27-16-19(15-22(34)31(27)40-17-18-10-11-20(32)21(33)14-18)28-29-23(6-4-8-25(29)36)35(12-13-38-2)24-7-5-9-26(37)30(24)28/h10-11,14-16,28H,3-9,12-13,17H2,1-2H3. The predicted octanol–water partition coefficient (Wildman–Crippen LogP) is 7.68. The molecule has 2 aliphatic carbocycles. The highest BCUT2D eigenvalue weighted by atomic mass is 35.5. The second-order valence-corrected chi connectivity index (χ2v) is 11.4. The molecule has 5 rings (SSSR count). The van der Waals surface area contributed by atoms with Crippen molar-refractivity contribution in [3.63, 3.8) is 0 Å². The Morgan fingerprint density at radius 1 is 0.850 bits per heavy atom. The average Bonchev–Trinajstić information content (AvgIpc) is 2.93. The van der Waals surface area contributed by atoms with Gasteiger partial charge in [-0.2, -0.15) is 0 Å². The summed E-state index contributed by atoms with van der Waals surface area (Å²) in [5.41, 5.74) is 4.97. The van der Waals surface area contributed by atoms with Crippen molar-refractivity contribution in [1.82, 2.24) is 4.90 Å². The number of carbonyl (C=O) groups is 2. The predicted molar refractivity (Wildman–Crippen MR) is 157 cm³/mol. The Kier molecular flexibility index (Phi) is 9.11. The summed E-state index contributed by atoms with van der Waals surface area (Å²) in [6.07, 6.45) is 4.06. The second kappa shape index (κ2) is 12.6. The van der Waals surface area contributed by atoms with Crippen LogP contribution in [-0.4, -0.2) is 43.3 Å². The van der Waals surface area contributed by atoms with Crippen LogP contribution in [0, 0.1) is 0 Å². The van der Waals surface area contributed by atoms with Crippen LogP contribution in [0.3, 0.4) is 0 Å². The molecule has 0 amide bonds. The molecule has 0 fully saturated rings. The molecule has 9 heteroatoms. The molecular formula is C31H32Cl3NO5. The number of carbonyl (C=O) groups excluding carboxylic acids is 2. The first kappa shape index (κ1) is 29.0. The summed E-state index contributed by atoms with van der Waals surface area (Å²) in [4.78, 5) is 29.2. The van der Waals surface area contributed by atoms with E-state index in [1.165, 1.54) is 0 Å². The van der Waals surface area contributed by atoms with Crippen molar-refractivity contribution in [2.75, 3.05) is 26.9 Å². The zero-order valence-electron chi connectivity index (χ0n) is 22.7. The van der Waals surface area contributed by atoms with Gasteiger partial charge in [-0.1, -0.05) is 40.9 Å². The number of hydrogen-bond donors (Lipinski definition) is 0. The summed E-state index contributed by atoms with van der Waals surface area (Å²) in [5.74, 6) is 0.511. The Bertz CT molecular complexity index is 1360. The summed E-state index contributed by atoms with van der Waals surface area (Å²) in [5, 5.41) is 1.25. The molecule has 0 unspecified atom stereocenters. The fourth-order valence-electron chi connectivity index (χ4n) is 5.94. The third-order valence-corrected chi connectivity index (χ3v) is 8.66. The number of ether oxygens (including phenoxy) is 3. The maximum absolute atomic E-state index is 13.5. The normalized spacial score (nSPS) is 17.8. The highest BCUT2D eigenvalue weighted by molar-refractivity contribution is 6.42. The molecule has 0 atom stereocenters. The number of ketones is 2. The number of methoxy groups -OCH3 is 1. The van der Waals surface area contributed by atoms with Crippen LogP contribution >= 0.6 is 34.8 Å². The topological polar surface area (TPSA) is 65.1 Å². The van der Waals surface area contributed by atoms with Gasteiger partial charge in [0, 0.05) is 55.0 Å². The number of Topliss-reactive ketones (excluding diaryl/α,β-unsaturated/α-hetero) is 2. The molecule has 0 saturated carbocycles. The number of halogens is 3. The van der Waals surface area contributed by atoms with Crippen molar-refractivity contribution in [3.05, 3.63) is 79.1 Å². The lowest BCUT2D eigenvalue weighted by molar-refractivity contribution is -0.117. The SMILES string of the molecule is CCOc1cc(C2C3=C(CCCC3=O)N(CCOC)C3=C2C(=O)CCC3)cc(Cl)c1OCc1ccc(Cl)c(Cl)c1. The molecule has 0 saturated heterocycles. The van der Waals surface area contributed by atoms with Crippen LogP contribution in [0.5, 0.6) is 11.5 Å². The molecule has 2 aromatic carbocycles. The number of hydrogen-bond acceptors (Lipinski definition) is 6. The van der Waals surface area contributed by atoms with Crippen molar-refractivity contribution < 1.29 is 23.8 Å². The van der Waals surface area contributed by atoms with E-state index < -0.39 is 5.92 Å². The van der Waals surface area contributed by atoms with E-state index in [1.54, 1.807) is 19.2 Å². The van der Waals surface area contributed by atoms with Crippen molar-refractivity contribution in [2.24, 2.45) is 0 Å². The van der Waals surface area contributed by atoms with E-state index in [0.717, 1.165) is 48.2 Å². The largest absolute Gasteiger partial charge is 0.490 e. The van der Waals surface area contributed by atoms with Crippen LogP contribution in [0.15, 0.2) is 52.9 Å². The number of rotatable bonds is 9. The molecule has 0 aromatic heterocycles. The van der Waals surface area contributed by atoms with Gasteiger partial charge in [-0.25, -0.2) is 0 Å². The van der Waals surface area contributed by atoms with Gasteiger partial charge in [-0.15, -0.1) is 0 Å². The van der Waals surface area contributed by atoms with E-state index in [4.69, 9.17) is 49.0 Å². The fourth-order valence-corrected chi connectivity index (χ4v) is 6.54. The molecule has 0 spiro atoms. The highest BCUT2D eigenvalue weighted by Gasteiger charge is 2.43. The number of benzene rings is 2. The van der Waals surface area contributed by atoms with Crippen LogP contribution in [0.25, 0.3) is 0 Å². The van der Waals surface area contributed by atoms with E-state index >= 15 is 0 Å². The van der Waals surface area contributed by atoms with E-state index in [-0.39, 0.29) is 18.2 Å². The van der Waals surface area contributed by atoms with E-state index in [0.29, 0.717) is 70.3 Å². The molecule has 40 heavy (non-hydrogen) atoms. The fraction of sp³-hybridized carbons (Fsp3) is 0.419. The molecular weight excluding hydrogens is 573 g/mol. The smallest absolute Gasteiger partial charge is 0.180 e. The van der Waals surface area contributed by atoms with E-state index in [2.05, 4.69) is 4.90 Å². The van der Waals surface area contributed by atoms with E-state index in [9.17, 15) is 9.59 Å². The lowest BCUT2D eigenvalue weighted by Crippen LogP contribution is -2.40. The summed E-state index contributed by atoms with van der Waals surface area (Å²) >= 11 is 19.1. The van der Waals surface area contributed by atoms with Crippen LogP contribution in [0.1, 0.15) is 62.5 Å². The third kappa shape index (κ3) is 5.64. The lowest BCUT2D eigenvalue weighted by atomic mass is 9.71. The van der Waals surface area contributed by atoms with Gasteiger partial charge in [0.2, 0.25) is 0 Å². The summed E-state index contributed by atoms with van der Waals surface area (Å²) < 4.78 is 17.5. The molecule has 1 aliphatic heterocycles. The Hall–Kier alpha value is -2.51. The molecule has 3 aliphatic rings. The first-order valence-electron chi connectivity index (χ1n) is 13.7. The van der Waals surface area contributed by atoms with Gasteiger partial charge in [0.1, 0.15) is 6.61 Å². The minimum Gasteiger partial charge on any atom is -0.490 e. The Morgan fingerprint density at radius 2 is 1.52 bits per heavy atom. The maximum Gasteiger partial charge on any atom is 0.180 e. The Labute approximate surface area is 249 Å². The van der Waals surface area contributed by atoms with E-state index in [1.807, 2.05) is 25.1 Å². The van der Waals surface area contributed by atoms with Gasteiger partial charge in [0.15, 0.2) is 23.1 Å². The summed E-state index contributed by atoms with van der Waals surface area (Å²) in [6, 6.07) is 8.97. The van der Waals surface area contributed by atoms with Crippen molar-refractivity contribution in [3.8, 4) is 11.5 Å². The van der Waals surface area contributed by atoms with Crippen molar-refractivity contribution in [1.29, 1.82) is 0 Å². The molecule has 0 bridgehead atoms. The van der Waals surface area contributed by atoms with Gasteiger partial charge in [0.05, 0.1) is 28.3 Å². The van der Waals surface area contributed by atoms with Gasteiger partial charge in [-0.05, 0) is 68.0 Å². The van der Waals surface area contributed by atoms with Crippen molar-refractivity contribution >= 4 is 46.4 Å². The first-order valence-corrected chi connectivity index (χ1v) is 14.8. The minimum absolute atomic E-state index is 0.0765. The van der Waals surface area contributed by atoms with Crippen LogP contribution in [-0.2, 0) is 20.9 Å². The quantitative estimate of drug-likeness (QED) is 0.292. The van der Waals surface area contributed by atoms with Crippen LogP contribution in [0.2, 0.25) is 15.1 Å². The average molecular weight is 605 g/mol. The molecule has 212 valence electrons. The summed E-state index contributed by atoms with van der Waals surface area (Å²) in [6.45, 7) is 3.58. The maximum atomic E-state index is 13.5. The Balaban J connectivity index is 1.59. The summed E-state index contributed by atoms with van der Waals surface area (Å²) in [7, 11) is 1.66. The van der Waals surface area contributed by atoms with Gasteiger partial charge >= 0.3 is 0 Å². The van der Waals surface area contributed by atoms with Gasteiger partial charge in [0.25, 0.3) is 0 Å². The molecule has 1 heterocycles. The second-order valence-electron chi connectivity index (χ2n) is 10.2. The zero-order chi connectivity index (χ0) is 28.4. The van der Waals surface area contributed by atoms with Gasteiger partial charge < -0.3 is 19.1 Å². The Morgan fingerprint density at radius 3 is 2.12 bits per heavy atom. The highest BCUT2D eigenvalue weighted by Crippen LogP contribution is 2.51. The number of nitrogens with zero attached hydrogens (tertiary/aromatic N) is 1. The molecule has 6 nitrogen and oxygen atoms in total. The molecule has 0 N–H and O–H groups in total. The van der Waals surface area contributed by atoms with Gasteiger partial charge in [-0.3, -0.25) is 9.59 Å². The number of allylic oxidation sites excluding steroid dienone is 4. The molecule has 0 radical (unpaired) electrons. The monoisotopic (exact) mass is 603 g/mol. The van der Waals surface area contributed by atoms with Crippen molar-refractivity contribution in [2.45, 2.75) is 58.0 Å². The van der Waals surface area contributed by atoms with Crippen LogP contribution < -0.4 is 9.47 Å².